The van der Waals surface area contributed by atoms with E-state index in [2.05, 4.69) is 0 Å². The number of ether oxygens (including phenoxy) is 1. The van der Waals surface area contributed by atoms with Gasteiger partial charge in [-0.05, 0) is 12.1 Å². The molecule has 0 bridgehead atoms. The summed E-state index contributed by atoms with van der Waals surface area (Å²) in [6, 6.07) is 1.62. The van der Waals surface area contributed by atoms with Crippen LogP contribution in [0.4, 0.5) is 14.5 Å². The van der Waals surface area contributed by atoms with Gasteiger partial charge in [0.05, 0.1) is 11.9 Å². The summed E-state index contributed by atoms with van der Waals surface area (Å²) in [5.74, 6) is -1.29. The number of alkyl halides is 2. The lowest BCUT2D eigenvalue weighted by atomic mass is 10.1. The van der Waals surface area contributed by atoms with E-state index in [1.807, 2.05) is 13.8 Å². The molecule has 0 radical (unpaired) electrons. The van der Waals surface area contributed by atoms with Gasteiger partial charge >= 0.3 is 12.0 Å². The Morgan fingerprint density at radius 3 is 2.43 bits per heavy atom. The zero-order chi connectivity index (χ0) is 17.8. The van der Waals surface area contributed by atoms with Crippen LogP contribution in [0.2, 0.25) is 0 Å². The molecular formula is C14H19F2NO5S. The molecule has 0 saturated carbocycles. The Morgan fingerprint density at radius 1 is 1.35 bits per heavy atom. The molecule has 130 valence electrons. The zero-order valence-electron chi connectivity index (χ0n) is 13.0. The summed E-state index contributed by atoms with van der Waals surface area (Å²) >= 11 is 0. The molecule has 1 aromatic carbocycles. The number of fused-ring (bicyclic) bond motifs is 1. The van der Waals surface area contributed by atoms with E-state index >= 15 is 0 Å². The molecule has 1 heterocycles. The van der Waals surface area contributed by atoms with E-state index in [-0.39, 0.29) is 15.7 Å². The second-order valence-corrected chi connectivity index (χ2v) is 6.45. The van der Waals surface area contributed by atoms with Gasteiger partial charge in [0.15, 0.2) is 6.10 Å². The first-order chi connectivity index (χ1) is 10.6. The molecule has 1 unspecified atom stereocenters. The Hall–Kier alpha value is -1.90. The molecule has 1 N–H and O–H groups in total. The largest absolute Gasteiger partial charge is 0.481 e. The minimum Gasteiger partial charge on any atom is -0.481 e. The molecule has 1 atom stereocenters. The van der Waals surface area contributed by atoms with Crippen molar-refractivity contribution >= 4 is 21.7 Å². The van der Waals surface area contributed by atoms with E-state index in [4.69, 9.17) is 9.84 Å². The predicted octanol–water partition coefficient (Wildman–Crippen LogP) is 2.70. The van der Waals surface area contributed by atoms with E-state index < -0.39 is 41.0 Å². The van der Waals surface area contributed by atoms with Crippen LogP contribution in [0.25, 0.3) is 0 Å². The number of para-hydroxylation sites is 2. The van der Waals surface area contributed by atoms with E-state index in [1.165, 1.54) is 24.3 Å². The molecule has 0 amide bonds. The Bertz CT molecular complexity index is 663. The first kappa shape index (κ1) is 19.1. The normalized spacial score (nSPS) is 19.0. The summed E-state index contributed by atoms with van der Waals surface area (Å²) in [6.07, 6.45) is -2.27. The summed E-state index contributed by atoms with van der Waals surface area (Å²) in [6.45, 7) is 4.00. The van der Waals surface area contributed by atoms with Gasteiger partial charge in [-0.15, -0.1) is 0 Å². The van der Waals surface area contributed by atoms with Gasteiger partial charge in [0.1, 0.15) is 5.75 Å². The van der Waals surface area contributed by atoms with Crippen LogP contribution in [-0.4, -0.2) is 37.9 Å². The lowest BCUT2D eigenvalue weighted by Crippen LogP contribution is -2.57. The average Bonchev–Trinajstić information content (AvgIpc) is 2.44. The summed E-state index contributed by atoms with van der Waals surface area (Å²) < 4.78 is 57.3. The van der Waals surface area contributed by atoms with E-state index in [1.54, 1.807) is 0 Å². The van der Waals surface area contributed by atoms with Crippen LogP contribution in [0.5, 0.6) is 5.75 Å². The highest BCUT2D eigenvalue weighted by molar-refractivity contribution is 7.92. The highest BCUT2D eigenvalue weighted by atomic mass is 32.2. The number of carboxylic acid groups (broad SMARTS) is 1. The summed E-state index contributed by atoms with van der Waals surface area (Å²) in [4.78, 5) is 10.5. The van der Waals surface area contributed by atoms with Gasteiger partial charge in [-0.25, -0.2) is 12.7 Å². The number of rotatable bonds is 4. The fourth-order valence-electron chi connectivity index (χ4n) is 2.13. The van der Waals surface area contributed by atoms with Crippen molar-refractivity contribution in [2.24, 2.45) is 0 Å². The van der Waals surface area contributed by atoms with E-state index in [9.17, 15) is 22.0 Å². The highest BCUT2D eigenvalue weighted by Crippen LogP contribution is 2.45. The van der Waals surface area contributed by atoms with Crippen molar-refractivity contribution in [2.45, 2.75) is 38.8 Å². The topological polar surface area (TPSA) is 83.9 Å². The monoisotopic (exact) mass is 351 g/mol. The van der Waals surface area contributed by atoms with Crippen LogP contribution in [0, 0.1) is 0 Å². The van der Waals surface area contributed by atoms with Crippen LogP contribution >= 0.6 is 0 Å². The number of anilines is 1. The maximum absolute atomic E-state index is 14.4. The number of nitrogens with zero attached hydrogens (tertiary/aromatic N) is 1. The molecule has 0 spiro atoms. The molecule has 9 heteroatoms. The predicted molar refractivity (Wildman–Crippen MR) is 81.3 cm³/mol. The number of carboxylic acids is 1. The molecule has 0 saturated heterocycles. The van der Waals surface area contributed by atoms with Crippen molar-refractivity contribution in [2.75, 3.05) is 10.6 Å². The lowest BCUT2D eigenvalue weighted by Gasteiger charge is -2.41. The molecule has 2 rings (SSSR count). The number of aliphatic carboxylic acids is 1. The maximum Gasteiger partial charge on any atom is 0.374 e. The zero-order valence-corrected chi connectivity index (χ0v) is 13.8. The van der Waals surface area contributed by atoms with E-state index in [0.29, 0.717) is 6.26 Å². The molecule has 0 aromatic heterocycles. The average molecular weight is 351 g/mol. The van der Waals surface area contributed by atoms with Gasteiger partial charge in [0.25, 0.3) is 0 Å². The lowest BCUT2D eigenvalue weighted by molar-refractivity contribution is -0.139. The summed E-state index contributed by atoms with van der Waals surface area (Å²) in [7, 11) is -4.26. The van der Waals surface area contributed by atoms with Crippen molar-refractivity contribution in [1.29, 1.82) is 0 Å². The fourth-order valence-corrected chi connectivity index (χ4v) is 3.19. The SMILES string of the molecule is CC.CS(=O)(=O)N1c2ccccc2OC(CCC(=O)O)C1(F)F. The third-order valence-corrected chi connectivity index (χ3v) is 4.07. The highest BCUT2D eigenvalue weighted by Gasteiger charge is 2.55. The first-order valence-electron chi connectivity index (χ1n) is 6.99. The molecule has 0 fully saturated rings. The van der Waals surface area contributed by atoms with Crippen molar-refractivity contribution < 1.29 is 31.8 Å². The molecular weight excluding hydrogens is 332 g/mol. The fraction of sp³-hybridized carbons (Fsp3) is 0.500. The quantitative estimate of drug-likeness (QED) is 0.843. The van der Waals surface area contributed by atoms with Crippen molar-refractivity contribution in [3.63, 3.8) is 0 Å². The number of halogens is 2. The maximum atomic E-state index is 14.4. The number of carbonyl (C=O) groups is 1. The first-order valence-corrected chi connectivity index (χ1v) is 8.84. The van der Waals surface area contributed by atoms with Crippen LogP contribution in [0.3, 0.4) is 0 Å². The standard InChI is InChI=1S/C12H13F2NO5S.C2H6/c1-21(18,19)15-8-4-2-3-5-9(8)20-10(12(15,13)14)6-7-11(16)17;1-2/h2-5,10H,6-7H2,1H3,(H,16,17);1-2H3. The second-order valence-electron chi connectivity index (χ2n) is 4.62. The smallest absolute Gasteiger partial charge is 0.374 e. The molecule has 6 nitrogen and oxygen atoms in total. The minimum absolute atomic E-state index is 0.00858. The third-order valence-electron chi connectivity index (χ3n) is 2.96. The van der Waals surface area contributed by atoms with Gasteiger partial charge in [0, 0.05) is 12.8 Å². The molecule has 1 aromatic rings. The van der Waals surface area contributed by atoms with Gasteiger partial charge in [-0.3, -0.25) is 4.79 Å². The second kappa shape index (κ2) is 7.12. The van der Waals surface area contributed by atoms with Gasteiger partial charge in [-0.1, -0.05) is 26.0 Å². The van der Waals surface area contributed by atoms with Gasteiger partial charge in [0.2, 0.25) is 10.0 Å². The Kier molecular flexibility index (Phi) is 5.92. The Balaban J connectivity index is 0.00000127. The number of hydrogen-bond acceptors (Lipinski definition) is 4. The van der Waals surface area contributed by atoms with Crippen LogP contribution in [-0.2, 0) is 14.8 Å². The number of hydrogen-bond donors (Lipinski definition) is 1. The third kappa shape index (κ3) is 4.10. The molecule has 1 aliphatic rings. The van der Waals surface area contributed by atoms with Crippen LogP contribution < -0.4 is 9.04 Å². The minimum atomic E-state index is -4.26. The molecule has 0 aliphatic carbocycles. The van der Waals surface area contributed by atoms with Crippen molar-refractivity contribution in [3.8, 4) is 5.75 Å². The van der Waals surface area contributed by atoms with Gasteiger partial charge < -0.3 is 9.84 Å². The number of benzene rings is 1. The summed E-state index contributed by atoms with van der Waals surface area (Å²) in [5, 5.41) is 8.60. The number of sulfonamides is 1. The van der Waals surface area contributed by atoms with Crippen molar-refractivity contribution in [3.05, 3.63) is 24.3 Å². The summed E-state index contributed by atoms with van der Waals surface area (Å²) in [5.41, 5.74) is -0.267. The Morgan fingerprint density at radius 2 is 1.91 bits per heavy atom. The van der Waals surface area contributed by atoms with E-state index in [0.717, 1.165) is 0 Å². The van der Waals surface area contributed by atoms with Crippen LogP contribution in [0.15, 0.2) is 24.3 Å². The van der Waals surface area contributed by atoms with Crippen LogP contribution in [0.1, 0.15) is 26.7 Å². The van der Waals surface area contributed by atoms with Gasteiger partial charge in [-0.2, -0.15) is 8.78 Å². The van der Waals surface area contributed by atoms with Crippen molar-refractivity contribution in [1.82, 2.24) is 0 Å². The Labute approximate surface area is 133 Å². The molecule has 23 heavy (non-hydrogen) atoms. The molecule has 1 aliphatic heterocycles.